The van der Waals surface area contributed by atoms with Gasteiger partial charge in [0.1, 0.15) is 11.7 Å². The lowest BCUT2D eigenvalue weighted by atomic mass is 9.99. The summed E-state index contributed by atoms with van der Waals surface area (Å²) in [5.41, 5.74) is 3.30. The minimum absolute atomic E-state index is 0.0300. The number of fused-ring (bicyclic) bond motifs is 1. The van der Waals surface area contributed by atoms with Gasteiger partial charge in [-0.25, -0.2) is 4.98 Å². The molecule has 1 aromatic heterocycles. The summed E-state index contributed by atoms with van der Waals surface area (Å²) in [6, 6.07) is 9.48. The average Bonchev–Trinajstić information content (AvgIpc) is 2.80. The molecular weight excluding hydrogens is 406 g/mol. The topological polar surface area (TPSA) is 83.0 Å². The normalized spacial score (nSPS) is 19.4. The van der Waals surface area contributed by atoms with Gasteiger partial charge in [0.15, 0.2) is 0 Å². The van der Waals surface area contributed by atoms with Gasteiger partial charge < -0.3 is 19.6 Å². The van der Waals surface area contributed by atoms with Crippen LogP contribution in [0.15, 0.2) is 36.5 Å². The maximum Gasteiger partial charge on any atom is 0.259 e. The van der Waals surface area contributed by atoms with Gasteiger partial charge in [0.2, 0.25) is 11.8 Å². The third-order valence-corrected chi connectivity index (χ3v) is 6.09. The molecule has 172 valence electrons. The van der Waals surface area contributed by atoms with E-state index in [0.29, 0.717) is 25.1 Å². The van der Waals surface area contributed by atoms with Gasteiger partial charge in [0.05, 0.1) is 19.2 Å². The van der Waals surface area contributed by atoms with Crippen molar-refractivity contribution in [2.75, 3.05) is 26.7 Å². The van der Waals surface area contributed by atoms with E-state index in [9.17, 15) is 14.7 Å². The van der Waals surface area contributed by atoms with Gasteiger partial charge in [-0.1, -0.05) is 43.7 Å². The van der Waals surface area contributed by atoms with Crippen LogP contribution in [-0.2, 0) is 4.79 Å². The van der Waals surface area contributed by atoms with E-state index in [-0.39, 0.29) is 42.4 Å². The molecule has 3 atom stereocenters. The number of aliphatic hydroxyl groups is 1. The van der Waals surface area contributed by atoms with Crippen molar-refractivity contribution in [1.82, 2.24) is 14.8 Å². The highest BCUT2D eigenvalue weighted by molar-refractivity contribution is 5.98. The third kappa shape index (κ3) is 5.10. The summed E-state index contributed by atoms with van der Waals surface area (Å²) in [5.74, 6) is 0.00963. The van der Waals surface area contributed by atoms with Gasteiger partial charge in [0.25, 0.3) is 5.91 Å². The lowest BCUT2D eigenvalue weighted by Gasteiger charge is -2.37. The van der Waals surface area contributed by atoms with E-state index in [1.165, 1.54) is 0 Å². The number of pyridine rings is 1. The predicted molar refractivity (Wildman–Crippen MR) is 124 cm³/mol. The predicted octanol–water partition coefficient (Wildman–Crippen LogP) is 3.15. The Labute approximate surface area is 190 Å². The molecule has 2 amide bonds. The molecule has 1 aliphatic rings. The van der Waals surface area contributed by atoms with Crippen LogP contribution in [0.25, 0.3) is 11.1 Å². The van der Waals surface area contributed by atoms with Gasteiger partial charge >= 0.3 is 0 Å². The van der Waals surface area contributed by atoms with E-state index in [2.05, 4.69) is 4.98 Å². The largest absolute Gasteiger partial charge is 0.472 e. The molecule has 7 heteroatoms. The first kappa shape index (κ1) is 23.7. The quantitative estimate of drug-likeness (QED) is 0.748. The fourth-order valence-electron chi connectivity index (χ4n) is 3.87. The van der Waals surface area contributed by atoms with Crippen LogP contribution in [0.4, 0.5) is 0 Å². The zero-order valence-electron chi connectivity index (χ0n) is 19.5. The standard InChI is InChI=1S/C25H33N3O4/c1-6-23(30)27(5)14-22-17(3)13-28(18(4)15-29)25(31)21-11-20(12-26-24(21)32-22)19-9-7-16(2)8-10-19/h7-12,17-18,22,29H,6,13-15H2,1-5H3/t17-,18+,22+/m1/s1. The van der Waals surface area contributed by atoms with Crippen LogP contribution in [0.3, 0.4) is 0 Å². The molecule has 1 aliphatic heterocycles. The number of benzene rings is 1. The summed E-state index contributed by atoms with van der Waals surface area (Å²) < 4.78 is 6.24. The van der Waals surface area contributed by atoms with Crippen molar-refractivity contribution in [1.29, 1.82) is 0 Å². The second-order valence-electron chi connectivity index (χ2n) is 8.69. The number of carbonyl (C=O) groups excluding carboxylic acids is 2. The number of amides is 2. The Morgan fingerprint density at radius 2 is 2.00 bits per heavy atom. The highest BCUT2D eigenvalue weighted by Gasteiger charge is 2.34. The SMILES string of the molecule is CCC(=O)N(C)C[C@@H]1Oc2ncc(-c3ccc(C)cc3)cc2C(=O)N([C@@H](C)CO)C[C@H]1C. The van der Waals surface area contributed by atoms with Crippen molar-refractivity contribution in [2.45, 2.75) is 46.3 Å². The second kappa shape index (κ2) is 10.1. The average molecular weight is 440 g/mol. The number of carbonyl (C=O) groups is 2. The summed E-state index contributed by atoms with van der Waals surface area (Å²) >= 11 is 0. The van der Waals surface area contributed by atoms with Crippen molar-refractivity contribution >= 4 is 11.8 Å². The van der Waals surface area contributed by atoms with E-state index < -0.39 is 0 Å². The van der Waals surface area contributed by atoms with E-state index in [0.717, 1.165) is 16.7 Å². The van der Waals surface area contributed by atoms with Gasteiger partial charge in [-0.2, -0.15) is 0 Å². The highest BCUT2D eigenvalue weighted by Crippen LogP contribution is 2.30. The van der Waals surface area contributed by atoms with Crippen LogP contribution in [0.2, 0.25) is 0 Å². The molecule has 1 N–H and O–H groups in total. The lowest BCUT2D eigenvalue weighted by Crippen LogP contribution is -2.50. The zero-order valence-corrected chi connectivity index (χ0v) is 19.5. The lowest BCUT2D eigenvalue weighted by molar-refractivity contribution is -0.131. The Balaban J connectivity index is 2.03. The molecule has 0 unspecified atom stereocenters. The third-order valence-electron chi connectivity index (χ3n) is 6.09. The fraction of sp³-hybridized carbons (Fsp3) is 0.480. The van der Waals surface area contributed by atoms with Gasteiger partial charge in [-0.3, -0.25) is 9.59 Å². The van der Waals surface area contributed by atoms with Crippen LogP contribution in [0.1, 0.15) is 43.1 Å². The molecule has 0 spiro atoms. The molecule has 0 fully saturated rings. The molecule has 1 aromatic carbocycles. The monoisotopic (exact) mass is 439 g/mol. The number of hydrogen-bond donors (Lipinski definition) is 1. The highest BCUT2D eigenvalue weighted by atomic mass is 16.5. The van der Waals surface area contributed by atoms with Crippen molar-refractivity contribution < 1.29 is 19.4 Å². The number of ether oxygens (including phenoxy) is 1. The first-order valence-corrected chi connectivity index (χ1v) is 11.1. The molecule has 7 nitrogen and oxygen atoms in total. The molecule has 2 aromatic rings. The number of nitrogens with zero attached hydrogens (tertiary/aromatic N) is 3. The molecule has 0 bridgehead atoms. The molecule has 32 heavy (non-hydrogen) atoms. The Kier molecular flexibility index (Phi) is 7.51. The van der Waals surface area contributed by atoms with E-state index in [1.54, 1.807) is 29.1 Å². The van der Waals surface area contributed by atoms with Gasteiger partial charge in [-0.05, 0) is 25.5 Å². The van der Waals surface area contributed by atoms with E-state index in [4.69, 9.17) is 4.74 Å². The van der Waals surface area contributed by atoms with Crippen molar-refractivity contribution in [2.24, 2.45) is 5.92 Å². The molecule has 0 aliphatic carbocycles. The van der Waals surface area contributed by atoms with Crippen molar-refractivity contribution in [3.63, 3.8) is 0 Å². The Hall–Kier alpha value is -2.93. The molecule has 3 rings (SSSR count). The molecule has 0 saturated carbocycles. The van der Waals surface area contributed by atoms with Crippen LogP contribution in [0.5, 0.6) is 5.88 Å². The summed E-state index contributed by atoms with van der Waals surface area (Å²) in [5, 5.41) is 9.78. The molecule has 0 radical (unpaired) electrons. The van der Waals surface area contributed by atoms with Crippen LogP contribution >= 0.6 is 0 Å². The van der Waals surface area contributed by atoms with E-state index >= 15 is 0 Å². The minimum Gasteiger partial charge on any atom is -0.472 e. The Morgan fingerprint density at radius 3 is 2.62 bits per heavy atom. The number of rotatable bonds is 6. The number of hydrogen-bond acceptors (Lipinski definition) is 5. The number of aliphatic hydroxyl groups excluding tert-OH is 1. The summed E-state index contributed by atoms with van der Waals surface area (Å²) in [7, 11) is 1.76. The molecule has 2 heterocycles. The van der Waals surface area contributed by atoms with Gasteiger partial charge in [-0.15, -0.1) is 0 Å². The Morgan fingerprint density at radius 1 is 1.31 bits per heavy atom. The Bertz CT molecular complexity index is 960. The number of aromatic nitrogens is 1. The van der Waals surface area contributed by atoms with Crippen molar-refractivity contribution in [3.8, 4) is 17.0 Å². The van der Waals surface area contributed by atoms with E-state index in [1.807, 2.05) is 52.0 Å². The summed E-state index contributed by atoms with van der Waals surface area (Å²) in [6.45, 7) is 8.33. The van der Waals surface area contributed by atoms with Crippen LogP contribution in [0, 0.1) is 12.8 Å². The summed E-state index contributed by atoms with van der Waals surface area (Å²) in [4.78, 5) is 33.5. The summed E-state index contributed by atoms with van der Waals surface area (Å²) in [6.07, 6.45) is 1.78. The maximum absolute atomic E-state index is 13.5. The number of likely N-dealkylation sites (N-methyl/N-ethyl adjacent to an activating group) is 1. The number of aryl methyl sites for hydroxylation is 1. The zero-order chi connectivity index (χ0) is 23.4. The maximum atomic E-state index is 13.5. The second-order valence-corrected chi connectivity index (χ2v) is 8.69. The van der Waals surface area contributed by atoms with Gasteiger partial charge in [0, 0.05) is 37.7 Å². The van der Waals surface area contributed by atoms with Crippen LogP contribution < -0.4 is 4.74 Å². The smallest absolute Gasteiger partial charge is 0.259 e. The fourth-order valence-corrected chi connectivity index (χ4v) is 3.87. The molecular formula is C25H33N3O4. The van der Waals surface area contributed by atoms with Crippen LogP contribution in [-0.4, -0.2) is 70.6 Å². The minimum atomic E-state index is -0.352. The molecule has 0 saturated heterocycles. The first-order valence-electron chi connectivity index (χ1n) is 11.1. The van der Waals surface area contributed by atoms with Crippen molar-refractivity contribution in [3.05, 3.63) is 47.7 Å². The first-order chi connectivity index (χ1) is 15.2.